The lowest BCUT2D eigenvalue weighted by molar-refractivity contribution is 0.0299. The van der Waals surface area contributed by atoms with E-state index >= 15 is 0 Å². The fraction of sp³-hybridized carbons (Fsp3) is 0.267. The molecule has 0 radical (unpaired) electrons. The predicted octanol–water partition coefficient (Wildman–Crippen LogP) is 6.81. The molecule has 0 N–H and O–H groups in total. The maximum atomic E-state index is 12.7. The fourth-order valence-corrected chi connectivity index (χ4v) is 4.91. The van der Waals surface area contributed by atoms with Crippen LogP contribution >= 0.6 is 0 Å². The van der Waals surface area contributed by atoms with Crippen LogP contribution in [0, 0.1) is 11.8 Å². The van der Waals surface area contributed by atoms with Crippen LogP contribution in [-0.4, -0.2) is 25.2 Å². The molecule has 1 aliphatic rings. The second-order valence-corrected chi connectivity index (χ2v) is 9.14. The molecule has 0 amide bonds. The highest BCUT2D eigenvalue weighted by atomic mass is 16.5. The summed E-state index contributed by atoms with van der Waals surface area (Å²) >= 11 is 0. The first-order chi connectivity index (χ1) is 16.7. The van der Waals surface area contributed by atoms with Gasteiger partial charge in [-0.3, -0.25) is 0 Å². The maximum absolute atomic E-state index is 12.7. The summed E-state index contributed by atoms with van der Waals surface area (Å²) in [6, 6.07) is 27.2. The van der Waals surface area contributed by atoms with Crippen molar-refractivity contribution in [2.45, 2.75) is 25.7 Å². The van der Waals surface area contributed by atoms with Crippen LogP contribution in [0.2, 0.25) is 0 Å². The Morgan fingerprint density at radius 1 is 0.559 bits per heavy atom. The Morgan fingerprint density at radius 2 is 0.941 bits per heavy atom. The zero-order valence-electron chi connectivity index (χ0n) is 19.1. The number of hydrogen-bond donors (Lipinski definition) is 0. The van der Waals surface area contributed by atoms with E-state index in [1.807, 2.05) is 84.9 Å². The summed E-state index contributed by atoms with van der Waals surface area (Å²) in [6.07, 6.45) is 3.89. The summed E-state index contributed by atoms with van der Waals surface area (Å²) in [6.45, 7) is 0.870. The van der Waals surface area contributed by atoms with E-state index in [0.29, 0.717) is 36.2 Å². The summed E-state index contributed by atoms with van der Waals surface area (Å²) in [5.41, 5.74) is 1.24. The van der Waals surface area contributed by atoms with Crippen LogP contribution in [0.3, 0.4) is 0 Å². The van der Waals surface area contributed by atoms with E-state index in [1.165, 1.54) is 0 Å². The lowest BCUT2D eigenvalue weighted by Crippen LogP contribution is -2.24. The molecule has 0 atom stereocenters. The molecule has 4 nitrogen and oxygen atoms in total. The van der Waals surface area contributed by atoms with Crippen molar-refractivity contribution in [2.24, 2.45) is 11.8 Å². The normalized spacial score (nSPS) is 18.0. The van der Waals surface area contributed by atoms with Crippen LogP contribution in [0.25, 0.3) is 21.5 Å². The molecule has 4 heteroatoms. The molecule has 0 bridgehead atoms. The lowest BCUT2D eigenvalue weighted by Gasteiger charge is -2.28. The van der Waals surface area contributed by atoms with Crippen molar-refractivity contribution < 1.29 is 19.1 Å². The van der Waals surface area contributed by atoms with E-state index < -0.39 is 0 Å². The van der Waals surface area contributed by atoms with Gasteiger partial charge in [0.2, 0.25) is 0 Å². The second-order valence-electron chi connectivity index (χ2n) is 9.14. The standard InChI is InChI=1S/C30H28O4/c31-29(27-13-5-9-23-7-1-3-11-25(23)27)33-19-21-15-17-22(18-16-21)20-34-30(32)28-14-6-10-24-8-2-4-12-26(24)28/h1-14,21-22H,15-20H2. The molecule has 0 spiro atoms. The van der Waals surface area contributed by atoms with Gasteiger partial charge in [-0.05, 0) is 71.2 Å². The van der Waals surface area contributed by atoms with Crippen molar-refractivity contribution in [3.05, 3.63) is 96.1 Å². The first kappa shape index (κ1) is 22.1. The number of fused-ring (bicyclic) bond motifs is 2. The van der Waals surface area contributed by atoms with Gasteiger partial charge in [-0.25, -0.2) is 9.59 Å². The highest BCUT2D eigenvalue weighted by molar-refractivity contribution is 6.05. The van der Waals surface area contributed by atoms with Gasteiger partial charge in [-0.2, -0.15) is 0 Å². The molecular weight excluding hydrogens is 424 g/mol. The molecule has 4 aromatic rings. The van der Waals surface area contributed by atoms with E-state index in [1.54, 1.807) is 0 Å². The zero-order chi connectivity index (χ0) is 23.3. The summed E-state index contributed by atoms with van der Waals surface area (Å²) in [5, 5.41) is 3.92. The third-order valence-electron chi connectivity index (χ3n) is 6.89. The molecular formula is C30H28O4. The number of carbonyl (C=O) groups excluding carboxylic acids is 2. The van der Waals surface area contributed by atoms with Gasteiger partial charge >= 0.3 is 11.9 Å². The van der Waals surface area contributed by atoms with Crippen molar-refractivity contribution in [2.75, 3.05) is 13.2 Å². The first-order valence-electron chi connectivity index (χ1n) is 12.0. The van der Waals surface area contributed by atoms with Gasteiger partial charge in [-0.15, -0.1) is 0 Å². The third-order valence-corrected chi connectivity index (χ3v) is 6.89. The van der Waals surface area contributed by atoms with Crippen molar-refractivity contribution >= 4 is 33.5 Å². The zero-order valence-corrected chi connectivity index (χ0v) is 19.1. The van der Waals surface area contributed by atoms with Crippen LogP contribution in [-0.2, 0) is 9.47 Å². The minimum Gasteiger partial charge on any atom is -0.462 e. The molecule has 4 aromatic carbocycles. The Bertz CT molecular complexity index is 1200. The second kappa shape index (κ2) is 10.1. The topological polar surface area (TPSA) is 52.6 Å². The summed E-state index contributed by atoms with van der Waals surface area (Å²) in [7, 11) is 0. The number of ether oxygens (including phenoxy) is 2. The molecule has 172 valence electrons. The van der Waals surface area contributed by atoms with Crippen molar-refractivity contribution in [1.82, 2.24) is 0 Å². The van der Waals surface area contributed by atoms with E-state index in [-0.39, 0.29) is 11.9 Å². The van der Waals surface area contributed by atoms with Crippen LogP contribution in [0.15, 0.2) is 84.9 Å². The minimum atomic E-state index is -0.261. The smallest absolute Gasteiger partial charge is 0.338 e. The lowest BCUT2D eigenvalue weighted by atomic mass is 9.83. The maximum Gasteiger partial charge on any atom is 0.338 e. The van der Waals surface area contributed by atoms with Crippen molar-refractivity contribution in [3.8, 4) is 0 Å². The van der Waals surface area contributed by atoms with Crippen LogP contribution in [0.1, 0.15) is 46.4 Å². The molecule has 0 unspecified atom stereocenters. The van der Waals surface area contributed by atoms with E-state index in [0.717, 1.165) is 47.2 Å². The minimum absolute atomic E-state index is 0.261. The average molecular weight is 453 g/mol. The first-order valence-corrected chi connectivity index (χ1v) is 12.0. The molecule has 34 heavy (non-hydrogen) atoms. The summed E-state index contributed by atoms with van der Waals surface area (Å²) in [5.74, 6) is 0.179. The summed E-state index contributed by atoms with van der Waals surface area (Å²) in [4.78, 5) is 25.4. The molecule has 0 aliphatic heterocycles. The molecule has 0 aromatic heterocycles. The number of esters is 2. The number of carbonyl (C=O) groups is 2. The van der Waals surface area contributed by atoms with Gasteiger partial charge in [0, 0.05) is 0 Å². The largest absolute Gasteiger partial charge is 0.462 e. The molecule has 1 saturated carbocycles. The van der Waals surface area contributed by atoms with Gasteiger partial charge in [0.25, 0.3) is 0 Å². The Kier molecular flexibility index (Phi) is 6.57. The van der Waals surface area contributed by atoms with Gasteiger partial charge in [0.05, 0.1) is 24.3 Å². The number of rotatable bonds is 6. The molecule has 0 saturated heterocycles. The fourth-order valence-electron chi connectivity index (χ4n) is 4.91. The highest BCUT2D eigenvalue weighted by Crippen LogP contribution is 2.30. The molecule has 5 rings (SSSR count). The van der Waals surface area contributed by atoms with Gasteiger partial charge < -0.3 is 9.47 Å². The number of benzene rings is 4. The van der Waals surface area contributed by atoms with E-state index in [2.05, 4.69) is 0 Å². The monoisotopic (exact) mass is 452 g/mol. The highest BCUT2D eigenvalue weighted by Gasteiger charge is 2.24. The molecule has 0 heterocycles. The van der Waals surface area contributed by atoms with E-state index in [4.69, 9.17) is 9.47 Å². The van der Waals surface area contributed by atoms with Gasteiger partial charge in [0.1, 0.15) is 0 Å². The Hall–Kier alpha value is -3.66. The molecule has 1 aliphatic carbocycles. The van der Waals surface area contributed by atoms with Crippen LogP contribution < -0.4 is 0 Å². The average Bonchev–Trinajstić information content (AvgIpc) is 2.90. The quantitative estimate of drug-likeness (QED) is 0.302. The van der Waals surface area contributed by atoms with Gasteiger partial charge in [-0.1, -0.05) is 72.8 Å². The SMILES string of the molecule is O=C(OCC1CCC(COC(=O)c2cccc3ccccc23)CC1)c1cccc2ccccc12. The predicted molar refractivity (Wildman–Crippen MR) is 134 cm³/mol. The third kappa shape index (κ3) is 4.81. The number of hydrogen-bond acceptors (Lipinski definition) is 4. The van der Waals surface area contributed by atoms with Crippen LogP contribution in [0.4, 0.5) is 0 Å². The van der Waals surface area contributed by atoms with Crippen molar-refractivity contribution in [3.63, 3.8) is 0 Å². The Labute approximate surface area is 199 Å². The van der Waals surface area contributed by atoms with Crippen molar-refractivity contribution in [1.29, 1.82) is 0 Å². The Balaban J connectivity index is 1.10. The van der Waals surface area contributed by atoms with Gasteiger partial charge in [0.15, 0.2) is 0 Å². The van der Waals surface area contributed by atoms with E-state index in [9.17, 15) is 9.59 Å². The molecule has 1 fully saturated rings. The Morgan fingerprint density at radius 3 is 1.38 bits per heavy atom. The van der Waals surface area contributed by atoms with Crippen LogP contribution in [0.5, 0.6) is 0 Å². The summed E-state index contributed by atoms with van der Waals surface area (Å²) < 4.78 is 11.4.